The Morgan fingerprint density at radius 1 is 1.11 bits per heavy atom. The van der Waals surface area contributed by atoms with Crippen molar-refractivity contribution in [2.24, 2.45) is 0 Å². The largest absolute Gasteiger partial charge is 0.355 e. The maximum absolute atomic E-state index is 5.69. The second-order valence-corrected chi connectivity index (χ2v) is 9.61. The van der Waals surface area contributed by atoms with Crippen LogP contribution >= 0.6 is 35.3 Å². The number of benzene rings is 2. The highest BCUT2D eigenvalue weighted by Crippen LogP contribution is 2.26. The van der Waals surface area contributed by atoms with Gasteiger partial charge >= 0.3 is 0 Å². The van der Waals surface area contributed by atoms with Crippen LogP contribution in [0.2, 0.25) is 0 Å². The lowest BCUT2D eigenvalue weighted by molar-refractivity contribution is 0.179. The van der Waals surface area contributed by atoms with E-state index in [1.54, 1.807) is 23.1 Å². The van der Waals surface area contributed by atoms with E-state index in [1.165, 1.54) is 15.8 Å². The molecular weight excluding hydrogens is 390 g/mol. The summed E-state index contributed by atoms with van der Waals surface area (Å²) in [4.78, 5) is 9.57. The average molecular weight is 414 g/mol. The molecular formula is C21H23N3S3. The Morgan fingerprint density at radius 2 is 1.93 bits per heavy atom. The van der Waals surface area contributed by atoms with Crippen molar-refractivity contribution in [2.75, 3.05) is 26.2 Å². The van der Waals surface area contributed by atoms with E-state index in [9.17, 15) is 0 Å². The number of hydrogen-bond acceptors (Lipinski definition) is 5. The van der Waals surface area contributed by atoms with Gasteiger partial charge in [-0.2, -0.15) is 0 Å². The minimum absolute atomic E-state index is 0.863. The predicted octanol–water partition coefficient (Wildman–Crippen LogP) is 4.94. The van der Waals surface area contributed by atoms with Gasteiger partial charge in [0.05, 0.1) is 16.0 Å². The molecule has 0 bridgehead atoms. The first-order chi connectivity index (χ1) is 13.2. The van der Waals surface area contributed by atoms with Crippen molar-refractivity contribution in [3.05, 3.63) is 64.7 Å². The van der Waals surface area contributed by atoms with Crippen molar-refractivity contribution >= 4 is 49.9 Å². The summed E-state index contributed by atoms with van der Waals surface area (Å²) in [7, 11) is 0. The number of fused-ring (bicyclic) bond motifs is 1. The molecule has 1 aliphatic rings. The summed E-state index contributed by atoms with van der Waals surface area (Å²) in [6.07, 6.45) is 0. The lowest BCUT2D eigenvalue weighted by Crippen LogP contribution is -2.47. The first kappa shape index (κ1) is 18.9. The Labute approximate surface area is 174 Å². The molecule has 3 nitrogen and oxygen atoms in total. The molecule has 0 radical (unpaired) electrons. The third-order valence-corrected chi connectivity index (χ3v) is 7.53. The highest BCUT2D eigenvalue weighted by atomic mass is 32.2. The van der Waals surface area contributed by atoms with Gasteiger partial charge in [0.25, 0.3) is 0 Å². The number of nitrogens with zero attached hydrogens (tertiary/aromatic N) is 3. The van der Waals surface area contributed by atoms with Crippen LogP contribution in [-0.2, 0) is 12.3 Å². The Balaban J connectivity index is 1.25. The van der Waals surface area contributed by atoms with Gasteiger partial charge in [-0.3, -0.25) is 4.90 Å². The smallest absolute Gasteiger partial charge is 0.136 e. The highest BCUT2D eigenvalue weighted by Gasteiger charge is 2.19. The summed E-state index contributed by atoms with van der Waals surface area (Å²) >= 11 is 9.20. The molecule has 140 valence electrons. The van der Waals surface area contributed by atoms with E-state index < -0.39 is 0 Å². The average Bonchev–Trinajstić information content (AvgIpc) is 3.10. The molecule has 3 aromatic rings. The van der Waals surface area contributed by atoms with Crippen LogP contribution < -0.4 is 0 Å². The SMILES string of the molecule is Cc1cccc(CN2CCN(C(=S)SCc3nc4ccccc4s3)CC2)c1. The summed E-state index contributed by atoms with van der Waals surface area (Å²) in [6.45, 7) is 7.34. The summed E-state index contributed by atoms with van der Waals surface area (Å²) < 4.78 is 2.26. The zero-order valence-corrected chi connectivity index (χ0v) is 17.9. The van der Waals surface area contributed by atoms with Crippen LogP contribution in [0, 0.1) is 6.92 Å². The fourth-order valence-corrected chi connectivity index (χ4v) is 5.56. The fraction of sp³-hybridized carbons (Fsp3) is 0.333. The molecule has 6 heteroatoms. The van der Waals surface area contributed by atoms with E-state index >= 15 is 0 Å². The zero-order valence-electron chi connectivity index (χ0n) is 15.4. The maximum atomic E-state index is 5.69. The van der Waals surface area contributed by atoms with Crippen LogP contribution in [0.5, 0.6) is 0 Å². The monoisotopic (exact) mass is 413 g/mol. The lowest BCUT2D eigenvalue weighted by Gasteiger charge is -2.35. The molecule has 0 unspecified atom stereocenters. The molecule has 0 atom stereocenters. The number of thiocarbonyl (C=S) groups is 1. The number of rotatable bonds is 4. The van der Waals surface area contributed by atoms with Crippen LogP contribution in [0.15, 0.2) is 48.5 Å². The Hall–Kier alpha value is -1.47. The van der Waals surface area contributed by atoms with E-state index in [0.29, 0.717) is 0 Å². The zero-order chi connectivity index (χ0) is 18.6. The molecule has 2 aromatic carbocycles. The Morgan fingerprint density at radius 3 is 2.70 bits per heavy atom. The van der Waals surface area contributed by atoms with E-state index in [4.69, 9.17) is 17.2 Å². The third kappa shape index (κ3) is 4.88. The molecule has 1 saturated heterocycles. The number of thioether (sulfide) groups is 1. The number of aromatic nitrogens is 1. The van der Waals surface area contributed by atoms with Crippen LogP contribution in [0.3, 0.4) is 0 Å². The molecule has 0 spiro atoms. The predicted molar refractivity (Wildman–Crippen MR) is 122 cm³/mol. The van der Waals surface area contributed by atoms with Gasteiger partial charge in [0, 0.05) is 32.7 Å². The second-order valence-electron chi connectivity index (χ2n) is 6.88. The van der Waals surface area contributed by atoms with Gasteiger partial charge in [0.1, 0.15) is 9.33 Å². The van der Waals surface area contributed by atoms with Crippen LogP contribution in [0.25, 0.3) is 10.2 Å². The third-order valence-electron chi connectivity index (χ3n) is 4.78. The van der Waals surface area contributed by atoms with E-state index in [-0.39, 0.29) is 0 Å². The van der Waals surface area contributed by atoms with Gasteiger partial charge in [0.15, 0.2) is 0 Å². The number of hydrogen-bond donors (Lipinski definition) is 0. The lowest BCUT2D eigenvalue weighted by atomic mass is 10.1. The number of thiazole rings is 1. The number of para-hydroxylation sites is 1. The van der Waals surface area contributed by atoms with Crippen molar-refractivity contribution < 1.29 is 0 Å². The summed E-state index contributed by atoms with van der Waals surface area (Å²) in [6, 6.07) is 17.1. The van der Waals surface area contributed by atoms with Crippen molar-refractivity contribution in [3.8, 4) is 0 Å². The molecule has 1 aromatic heterocycles. The van der Waals surface area contributed by atoms with Crippen molar-refractivity contribution in [3.63, 3.8) is 0 Å². The Bertz CT molecular complexity index is 896. The standard InChI is InChI=1S/C21H23N3S3/c1-16-5-4-6-17(13-16)14-23-9-11-24(12-10-23)21(25)26-15-20-22-18-7-2-3-8-19(18)27-20/h2-8,13H,9-12,14-15H2,1H3. The molecule has 27 heavy (non-hydrogen) atoms. The highest BCUT2D eigenvalue weighted by molar-refractivity contribution is 8.22. The molecule has 1 fully saturated rings. The molecule has 4 rings (SSSR count). The van der Waals surface area contributed by atoms with E-state index in [0.717, 1.165) is 53.3 Å². The van der Waals surface area contributed by atoms with E-state index in [1.807, 2.05) is 6.07 Å². The topological polar surface area (TPSA) is 19.4 Å². The van der Waals surface area contributed by atoms with Crippen LogP contribution in [-0.4, -0.2) is 45.3 Å². The van der Waals surface area contributed by atoms with Gasteiger partial charge in [-0.1, -0.05) is 65.9 Å². The van der Waals surface area contributed by atoms with Crippen LogP contribution in [0.4, 0.5) is 0 Å². The number of aryl methyl sites for hydroxylation is 1. The first-order valence-electron chi connectivity index (χ1n) is 9.21. The molecule has 1 aliphatic heterocycles. The van der Waals surface area contributed by atoms with Crippen molar-refractivity contribution in [2.45, 2.75) is 19.2 Å². The summed E-state index contributed by atoms with van der Waals surface area (Å²) in [5, 5.41) is 1.15. The fourth-order valence-electron chi connectivity index (χ4n) is 3.35. The molecule has 0 saturated carbocycles. The van der Waals surface area contributed by atoms with Gasteiger partial charge in [-0.25, -0.2) is 4.98 Å². The minimum Gasteiger partial charge on any atom is -0.355 e. The van der Waals surface area contributed by atoms with Crippen LogP contribution in [0.1, 0.15) is 16.1 Å². The summed E-state index contributed by atoms with van der Waals surface area (Å²) in [5.41, 5.74) is 3.82. The van der Waals surface area contributed by atoms with Crippen molar-refractivity contribution in [1.82, 2.24) is 14.8 Å². The number of piperazine rings is 1. The maximum Gasteiger partial charge on any atom is 0.136 e. The molecule has 0 aliphatic carbocycles. The van der Waals surface area contributed by atoms with Gasteiger partial charge in [0.2, 0.25) is 0 Å². The Kier molecular flexibility index (Phi) is 6.08. The molecule has 0 amide bonds. The summed E-state index contributed by atoms with van der Waals surface area (Å²) in [5.74, 6) is 0.863. The normalized spacial score (nSPS) is 15.4. The second kappa shape index (κ2) is 8.69. The minimum atomic E-state index is 0.863. The van der Waals surface area contributed by atoms with Gasteiger partial charge in [-0.05, 0) is 24.6 Å². The van der Waals surface area contributed by atoms with E-state index in [2.05, 4.69) is 59.2 Å². The first-order valence-corrected chi connectivity index (χ1v) is 11.4. The van der Waals surface area contributed by atoms with Crippen molar-refractivity contribution in [1.29, 1.82) is 0 Å². The van der Waals surface area contributed by atoms with Gasteiger partial charge < -0.3 is 4.90 Å². The van der Waals surface area contributed by atoms with Gasteiger partial charge in [-0.15, -0.1) is 11.3 Å². The molecule has 2 heterocycles. The molecule has 0 N–H and O–H groups in total. The quantitative estimate of drug-likeness (QED) is 0.563.